The van der Waals surface area contributed by atoms with Gasteiger partial charge in [-0.15, -0.1) is 0 Å². The van der Waals surface area contributed by atoms with E-state index < -0.39 is 0 Å². The van der Waals surface area contributed by atoms with Crippen LogP contribution in [0.2, 0.25) is 0 Å². The first kappa shape index (κ1) is 13.3. The zero-order valence-corrected chi connectivity index (χ0v) is 11.6. The first-order valence-electron chi connectivity index (χ1n) is 6.80. The van der Waals surface area contributed by atoms with Gasteiger partial charge in [0.15, 0.2) is 0 Å². The Balaban J connectivity index is 2.15. The van der Waals surface area contributed by atoms with Crippen molar-refractivity contribution in [3.8, 4) is 16.9 Å². The Morgan fingerprint density at radius 1 is 1.05 bits per heavy atom. The van der Waals surface area contributed by atoms with Crippen molar-refractivity contribution in [1.29, 1.82) is 0 Å². The molecule has 0 aliphatic carbocycles. The van der Waals surface area contributed by atoms with Gasteiger partial charge in [0.1, 0.15) is 0 Å². The molecule has 0 radical (unpaired) electrons. The highest BCUT2D eigenvalue weighted by molar-refractivity contribution is 5.74. The lowest BCUT2D eigenvalue weighted by Gasteiger charge is -2.04. The second-order valence-corrected chi connectivity index (χ2v) is 4.73. The molecule has 0 unspecified atom stereocenters. The smallest absolute Gasteiger partial charge is 0.0988 e. The molecule has 0 bridgehead atoms. The predicted molar refractivity (Wildman–Crippen MR) is 85.0 cm³/mol. The summed E-state index contributed by atoms with van der Waals surface area (Å²) < 4.78 is 1.79. The van der Waals surface area contributed by atoms with Crippen molar-refractivity contribution in [2.24, 2.45) is 0 Å². The summed E-state index contributed by atoms with van der Waals surface area (Å²) in [6.45, 7) is 3.79. The zero-order chi connectivity index (χ0) is 14.7. The number of aliphatic hydroxyl groups is 1. The lowest BCUT2D eigenvalue weighted by molar-refractivity contribution is 0.282. The maximum absolute atomic E-state index is 9.62. The molecule has 0 saturated heterocycles. The van der Waals surface area contributed by atoms with Gasteiger partial charge in [-0.2, -0.15) is 5.10 Å². The molecule has 0 spiro atoms. The Morgan fingerprint density at radius 3 is 2.48 bits per heavy atom. The van der Waals surface area contributed by atoms with Crippen LogP contribution in [0.15, 0.2) is 67.4 Å². The summed E-state index contributed by atoms with van der Waals surface area (Å²) in [5.74, 6) is 0. The number of hydrogen-bond acceptors (Lipinski definition) is 2. The fraction of sp³-hybridized carbons (Fsp3) is 0.0556. The first-order chi connectivity index (χ1) is 10.3. The van der Waals surface area contributed by atoms with Gasteiger partial charge >= 0.3 is 0 Å². The van der Waals surface area contributed by atoms with Crippen LogP contribution in [0.25, 0.3) is 23.0 Å². The number of aliphatic hydroxyl groups excluding tert-OH is 1. The SMILES string of the molecule is C=Cc1ccccc1-c1nn(-c2ccccc2)cc1CO. The number of nitrogens with zero attached hydrogens (tertiary/aromatic N) is 2. The molecule has 1 aromatic heterocycles. The molecule has 0 amide bonds. The lowest BCUT2D eigenvalue weighted by Crippen LogP contribution is -1.94. The number of benzene rings is 2. The molecular formula is C18H16N2O. The maximum atomic E-state index is 9.62. The van der Waals surface area contributed by atoms with Crippen LogP contribution >= 0.6 is 0 Å². The molecule has 0 aliphatic heterocycles. The lowest BCUT2D eigenvalue weighted by atomic mass is 10.0. The number of aromatic nitrogens is 2. The topological polar surface area (TPSA) is 38.0 Å². The molecule has 21 heavy (non-hydrogen) atoms. The van der Waals surface area contributed by atoms with E-state index in [9.17, 15) is 5.11 Å². The summed E-state index contributed by atoms with van der Waals surface area (Å²) >= 11 is 0. The van der Waals surface area contributed by atoms with E-state index in [-0.39, 0.29) is 6.61 Å². The van der Waals surface area contributed by atoms with Gasteiger partial charge in [0.2, 0.25) is 0 Å². The van der Waals surface area contributed by atoms with E-state index in [0.717, 1.165) is 28.1 Å². The molecule has 1 heterocycles. The largest absolute Gasteiger partial charge is 0.392 e. The summed E-state index contributed by atoms with van der Waals surface area (Å²) in [5.41, 5.74) is 4.54. The van der Waals surface area contributed by atoms with Crippen molar-refractivity contribution < 1.29 is 5.11 Å². The van der Waals surface area contributed by atoms with Gasteiger partial charge in [0.05, 0.1) is 18.0 Å². The van der Waals surface area contributed by atoms with Gasteiger partial charge in [-0.05, 0) is 17.7 Å². The van der Waals surface area contributed by atoms with E-state index in [4.69, 9.17) is 0 Å². The van der Waals surface area contributed by atoms with E-state index >= 15 is 0 Å². The van der Waals surface area contributed by atoms with Crippen LogP contribution in [-0.2, 0) is 6.61 Å². The van der Waals surface area contributed by atoms with E-state index in [1.54, 1.807) is 10.8 Å². The minimum Gasteiger partial charge on any atom is -0.392 e. The fourth-order valence-electron chi connectivity index (χ4n) is 2.36. The van der Waals surface area contributed by atoms with Crippen molar-refractivity contribution in [2.45, 2.75) is 6.61 Å². The molecule has 0 saturated carbocycles. The first-order valence-corrected chi connectivity index (χ1v) is 6.80. The highest BCUT2D eigenvalue weighted by Gasteiger charge is 2.13. The molecule has 0 atom stereocenters. The van der Waals surface area contributed by atoms with Crippen LogP contribution in [0.4, 0.5) is 0 Å². The summed E-state index contributed by atoms with van der Waals surface area (Å²) in [6.07, 6.45) is 3.67. The van der Waals surface area contributed by atoms with Crippen molar-refractivity contribution in [3.63, 3.8) is 0 Å². The average Bonchev–Trinajstić information content (AvgIpc) is 2.99. The number of para-hydroxylation sites is 1. The Labute approximate surface area is 123 Å². The molecule has 2 aromatic carbocycles. The minimum absolute atomic E-state index is 0.0480. The van der Waals surface area contributed by atoms with Crippen LogP contribution in [0.5, 0.6) is 0 Å². The molecule has 1 N–H and O–H groups in total. The Bertz CT molecular complexity index is 760. The van der Waals surface area contributed by atoms with E-state index in [2.05, 4.69) is 11.7 Å². The van der Waals surface area contributed by atoms with Crippen LogP contribution in [0, 0.1) is 0 Å². The minimum atomic E-state index is -0.0480. The molecule has 3 rings (SSSR count). The predicted octanol–water partition coefficient (Wildman–Crippen LogP) is 3.67. The molecule has 3 heteroatoms. The highest BCUT2D eigenvalue weighted by Crippen LogP contribution is 2.27. The van der Waals surface area contributed by atoms with Crippen molar-refractivity contribution >= 4 is 6.08 Å². The zero-order valence-electron chi connectivity index (χ0n) is 11.6. The molecule has 3 nitrogen and oxygen atoms in total. The third kappa shape index (κ3) is 2.51. The van der Waals surface area contributed by atoms with Gasteiger partial charge in [0.25, 0.3) is 0 Å². The Hall–Kier alpha value is -2.65. The second-order valence-electron chi connectivity index (χ2n) is 4.73. The van der Waals surface area contributed by atoms with Gasteiger partial charge < -0.3 is 5.11 Å². The van der Waals surface area contributed by atoms with Gasteiger partial charge in [-0.25, -0.2) is 4.68 Å². The fourth-order valence-corrected chi connectivity index (χ4v) is 2.36. The normalized spacial score (nSPS) is 10.5. The molecule has 0 fully saturated rings. The third-order valence-electron chi connectivity index (χ3n) is 3.42. The monoisotopic (exact) mass is 276 g/mol. The molecule has 3 aromatic rings. The summed E-state index contributed by atoms with van der Waals surface area (Å²) in [7, 11) is 0. The Kier molecular flexibility index (Phi) is 3.67. The van der Waals surface area contributed by atoms with Crippen molar-refractivity contribution in [2.75, 3.05) is 0 Å². The summed E-state index contributed by atoms with van der Waals surface area (Å²) in [4.78, 5) is 0. The summed E-state index contributed by atoms with van der Waals surface area (Å²) in [5, 5.41) is 14.3. The number of hydrogen-bond donors (Lipinski definition) is 1. The number of rotatable bonds is 4. The van der Waals surface area contributed by atoms with Gasteiger partial charge in [0, 0.05) is 17.3 Å². The van der Waals surface area contributed by atoms with Crippen LogP contribution < -0.4 is 0 Å². The molecule has 0 aliphatic rings. The van der Waals surface area contributed by atoms with Gasteiger partial charge in [-0.3, -0.25) is 0 Å². The molecular weight excluding hydrogens is 260 g/mol. The van der Waals surface area contributed by atoms with Crippen molar-refractivity contribution in [3.05, 3.63) is 78.5 Å². The Morgan fingerprint density at radius 2 is 1.76 bits per heavy atom. The maximum Gasteiger partial charge on any atom is 0.0988 e. The quantitative estimate of drug-likeness (QED) is 0.789. The van der Waals surface area contributed by atoms with E-state index in [0.29, 0.717) is 0 Å². The van der Waals surface area contributed by atoms with Gasteiger partial charge in [-0.1, -0.05) is 55.1 Å². The van der Waals surface area contributed by atoms with E-state index in [1.165, 1.54) is 0 Å². The standard InChI is InChI=1S/C18H16N2O/c1-2-14-8-6-7-11-17(14)18-15(13-21)12-20(19-18)16-9-4-3-5-10-16/h2-12,21H,1,13H2. The summed E-state index contributed by atoms with van der Waals surface area (Å²) in [6, 6.07) is 17.8. The second kappa shape index (κ2) is 5.77. The van der Waals surface area contributed by atoms with E-state index in [1.807, 2.05) is 60.8 Å². The van der Waals surface area contributed by atoms with Crippen LogP contribution in [0.1, 0.15) is 11.1 Å². The highest BCUT2D eigenvalue weighted by atomic mass is 16.3. The average molecular weight is 276 g/mol. The van der Waals surface area contributed by atoms with Crippen molar-refractivity contribution in [1.82, 2.24) is 9.78 Å². The molecule has 104 valence electrons. The third-order valence-corrected chi connectivity index (χ3v) is 3.42. The van der Waals surface area contributed by atoms with Crippen LogP contribution in [-0.4, -0.2) is 14.9 Å². The van der Waals surface area contributed by atoms with Crippen LogP contribution in [0.3, 0.4) is 0 Å².